The zero-order chi connectivity index (χ0) is 11.4. The van der Waals surface area contributed by atoms with Crippen molar-refractivity contribution in [3.63, 3.8) is 0 Å². The molecule has 0 fully saturated rings. The smallest absolute Gasteiger partial charge is 0.140 e. The Hall–Kier alpha value is -0.280. The first-order valence-corrected chi connectivity index (χ1v) is 7.46. The van der Waals surface area contributed by atoms with Crippen LogP contribution in [0.15, 0.2) is 0 Å². The van der Waals surface area contributed by atoms with E-state index < -0.39 is 0 Å². The van der Waals surface area contributed by atoms with Crippen molar-refractivity contribution in [2.75, 3.05) is 5.75 Å². The van der Waals surface area contributed by atoms with Gasteiger partial charge in [0, 0.05) is 11.3 Å². The molecule has 0 saturated carbocycles. The summed E-state index contributed by atoms with van der Waals surface area (Å²) in [4.78, 5) is 9.02. The summed E-state index contributed by atoms with van der Waals surface area (Å²) in [6, 6.07) is 0. The summed E-state index contributed by atoms with van der Waals surface area (Å²) in [6.07, 6.45) is 5.78. The Morgan fingerprint density at radius 2 is 2.06 bits per heavy atom. The zero-order valence-corrected chi connectivity index (χ0v) is 11.2. The Balaban J connectivity index is 2.12. The molecule has 0 amide bonds. The molecule has 1 heterocycles. The zero-order valence-electron chi connectivity index (χ0n) is 9.63. The van der Waals surface area contributed by atoms with Crippen molar-refractivity contribution in [3.05, 3.63) is 22.2 Å². The Morgan fingerprint density at radius 1 is 1.25 bits per heavy atom. The molecule has 1 aliphatic rings. The predicted molar refractivity (Wildman–Crippen MR) is 70.1 cm³/mol. The maximum atomic E-state index is 6.20. The topological polar surface area (TPSA) is 25.8 Å². The molecular weight excluding hydrogens is 240 g/mol. The molecule has 88 valence electrons. The third kappa shape index (κ3) is 2.89. The van der Waals surface area contributed by atoms with Crippen LogP contribution in [-0.2, 0) is 18.6 Å². The lowest BCUT2D eigenvalue weighted by atomic mass is 9.97. The minimum absolute atomic E-state index is 0.691. The van der Waals surface area contributed by atoms with Gasteiger partial charge in [0.2, 0.25) is 0 Å². The summed E-state index contributed by atoms with van der Waals surface area (Å²) in [7, 11) is 0. The number of halogens is 1. The molecule has 0 radical (unpaired) electrons. The van der Waals surface area contributed by atoms with E-state index in [0.29, 0.717) is 5.15 Å². The first-order chi connectivity index (χ1) is 7.81. The van der Waals surface area contributed by atoms with Gasteiger partial charge in [0.05, 0.1) is 5.75 Å². The van der Waals surface area contributed by atoms with Crippen LogP contribution in [0.2, 0.25) is 5.15 Å². The van der Waals surface area contributed by atoms with Gasteiger partial charge < -0.3 is 0 Å². The molecule has 1 aromatic rings. The number of hydrogen-bond acceptors (Lipinski definition) is 3. The molecule has 0 saturated heterocycles. The number of aryl methyl sites for hydroxylation is 1. The Morgan fingerprint density at radius 3 is 2.88 bits per heavy atom. The largest absolute Gasteiger partial charge is 0.237 e. The third-order valence-electron chi connectivity index (χ3n) is 2.76. The normalized spacial score (nSPS) is 14.9. The summed E-state index contributed by atoms with van der Waals surface area (Å²) in [6.45, 7) is 2.19. The van der Waals surface area contributed by atoms with Gasteiger partial charge in [-0.2, -0.15) is 11.8 Å². The van der Waals surface area contributed by atoms with E-state index >= 15 is 0 Å². The van der Waals surface area contributed by atoms with Crippen LogP contribution >= 0.6 is 23.4 Å². The van der Waals surface area contributed by atoms with Crippen molar-refractivity contribution in [2.24, 2.45) is 0 Å². The van der Waals surface area contributed by atoms with Crippen molar-refractivity contribution >= 4 is 23.4 Å². The Kier molecular flexibility index (Phi) is 4.47. The molecule has 16 heavy (non-hydrogen) atoms. The summed E-state index contributed by atoms with van der Waals surface area (Å²) < 4.78 is 0. The highest BCUT2D eigenvalue weighted by molar-refractivity contribution is 7.98. The van der Waals surface area contributed by atoms with Crippen LogP contribution in [0.1, 0.15) is 43.3 Å². The fraction of sp³-hybridized carbons (Fsp3) is 0.667. The molecule has 0 aliphatic heterocycles. The van der Waals surface area contributed by atoms with E-state index in [1.54, 1.807) is 0 Å². The standard InChI is InChI=1S/C12H17ClN2S/c1-2-7-16-8-11-14-10-6-4-3-5-9(10)12(13)15-11/h2-8H2,1H3. The molecule has 2 rings (SSSR count). The highest BCUT2D eigenvalue weighted by atomic mass is 35.5. The van der Waals surface area contributed by atoms with Crippen LogP contribution in [0.5, 0.6) is 0 Å². The lowest BCUT2D eigenvalue weighted by Gasteiger charge is -2.16. The van der Waals surface area contributed by atoms with Crippen LogP contribution in [0.25, 0.3) is 0 Å². The maximum Gasteiger partial charge on any atom is 0.140 e. The van der Waals surface area contributed by atoms with E-state index in [0.717, 1.165) is 30.2 Å². The van der Waals surface area contributed by atoms with E-state index in [-0.39, 0.29) is 0 Å². The van der Waals surface area contributed by atoms with Gasteiger partial charge in [0.15, 0.2) is 0 Å². The number of rotatable bonds is 4. The first-order valence-electron chi connectivity index (χ1n) is 5.93. The van der Waals surface area contributed by atoms with Crippen LogP contribution in [0.4, 0.5) is 0 Å². The number of thioether (sulfide) groups is 1. The van der Waals surface area contributed by atoms with Crippen LogP contribution in [0.3, 0.4) is 0 Å². The van der Waals surface area contributed by atoms with Crippen LogP contribution in [0, 0.1) is 0 Å². The van der Waals surface area contributed by atoms with Crippen molar-refractivity contribution < 1.29 is 0 Å². The van der Waals surface area contributed by atoms with Gasteiger partial charge in [-0.3, -0.25) is 0 Å². The van der Waals surface area contributed by atoms with Crippen LogP contribution < -0.4 is 0 Å². The molecular formula is C12H17ClN2S. The molecule has 4 heteroatoms. The van der Waals surface area contributed by atoms with E-state index in [9.17, 15) is 0 Å². The summed E-state index contributed by atoms with van der Waals surface area (Å²) in [5.41, 5.74) is 2.38. The minimum Gasteiger partial charge on any atom is -0.237 e. The van der Waals surface area contributed by atoms with Gasteiger partial charge in [-0.25, -0.2) is 9.97 Å². The second-order valence-corrected chi connectivity index (χ2v) is 5.58. The van der Waals surface area contributed by atoms with Gasteiger partial charge in [-0.1, -0.05) is 18.5 Å². The van der Waals surface area contributed by atoms with Gasteiger partial charge in [-0.05, 0) is 37.9 Å². The van der Waals surface area contributed by atoms with E-state index in [1.165, 1.54) is 30.5 Å². The monoisotopic (exact) mass is 256 g/mol. The lowest BCUT2D eigenvalue weighted by Crippen LogP contribution is -2.10. The molecule has 0 atom stereocenters. The average Bonchev–Trinajstić information content (AvgIpc) is 2.30. The lowest BCUT2D eigenvalue weighted by molar-refractivity contribution is 0.657. The van der Waals surface area contributed by atoms with Gasteiger partial charge in [0.1, 0.15) is 11.0 Å². The van der Waals surface area contributed by atoms with E-state index in [4.69, 9.17) is 11.6 Å². The molecule has 0 spiro atoms. The Labute approximate surface area is 106 Å². The molecule has 2 nitrogen and oxygen atoms in total. The predicted octanol–water partition coefficient (Wildman–Crippen LogP) is 3.65. The number of nitrogens with zero attached hydrogens (tertiary/aromatic N) is 2. The fourth-order valence-electron chi connectivity index (χ4n) is 1.97. The van der Waals surface area contributed by atoms with Crippen molar-refractivity contribution in [3.8, 4) is 0 Å². The molecule has 0 unspecified atom stereocenters. The number of aromatic nitrogens is 2. The van der Waals surface area contributed by atoms with E-state index in [2.05, 4.69) is 16.9 Å². The summed E-state index contributed by atoms with van der Waals surface area (Å²) >= 11 is 8.08. The van der Waals surface area contributed by atoms with Crippen molar-refractivity contribution in [1.82, 2.24) is 9.97 Å². The average molecular weight is 257 g/mol. The summed E-state index contributed by atoms with van der Waals surface area (Å²) in [5, 5.41) is 0.691. The SMILES string of the molecule is CCCSCc1nc(Cl)c2c(n1)CCCC2. The van der Waals surface area contributed by atoms with Gasteiger partial charge in [-0.15, -0.1) is 0 Å². The molecule has 1 aliphatic carbocycles. The number of hydrogen-bond donors (Lipinski definition) is 0. The van der Waals surface area contributed by atoms with Crippen molar-refractivity contribution in [1.29, 1.82) is 0 Å². The molecule has 0 N–H and O–H groups in total. The second-order valence-electron chi connectivity index (χ2n) is 4.12. The quantitative estimate of drug-likeness (QED) is 0.608. The highest BCUT2D eigenvalue weighted by Gasteiger charge is 2.16. The molecule has 1 aromatic heterocycles. The molecule has 0 bridgehead atoms. The van der Waals surface area contributed by atoms with E-state index in [1.807, 2.05) is 11.8 Å². The Bertz CT molecular complexity index is 368. The van der Waals surface area contributed by atoms with Crippen molar-refractivity contribution in [2.45, 2.75) is 44.8 Å². The second kappa shape index (κ2) is 5.87. The van der Waals surface area contributed by atoms with Crippen LogP contribution in [-0.4, -0.2) is 15.7 Å². The minimum atomic E-state index is 0.691. The number of fused-ring (bicyclic) bond motifs is 1. The highest BCUT2D eigenvalue weighted by Crippen LogP contribution is 2.26. The fourth-order valence-corrected chi connectivity index (χ4v) is 3.01. The summed E-state index contributed by atoms with van der Waals surface area (Å²) in [5.74, 6) is 2.96. The van der Waals surface area contributed by atoms with Gasteiger partial charge in [0.25, 0.3) is 0 Å². The van der Waals surface area contributed by atoms with Gasteiger partial charge >= 0.3 is 0 Å². The first kappa shape index (κ1) is 12.2. The third-order valence-corrected chi connectivity index (χ3v) is 4.23. The maximum absolute atomic E-state index is 6.20. The molecule has 0 aromatic carbocycles.